The van der Waals surface area contributed by atoms with Crippen LogP contribution in [0.4, 0.5) is 11.4 Å². The van der Waals surface area contributed by atoms with E-state index >= 15 is 0 Å². The van der Waals surface area contributed by atoms with Crippen molar-refractivity contribution in [2.24, 2.45) is 5.92 Å². The third-order valence-electron chi connectivity index (χ3n) is 3.25. The van der Waals surface area contributed by atoms with Crippen LogP contribution in [0.3, 0.4) is 0 Å². The fourth-order valence-electron chi connectivity index (χ4n) is 1.78. The first-order valence-corrected chi connectivity index (χ1v) is 6.98. The number of Topliss-reactive ketones (excluding diaryl/α,β-unsaturated/α-hetero) is 1. The molecule has 1 rings (SSSR count). The van der Waals surface area contributed by atoms with E-state index in [1.807, 2.05) is 13.8 Å². The summed E-state index contributed by atoms with van der Waals surface area (Å²) in [7, 11) is 1.65. The molecule has 0 aromatic heterocycles. The van der Waals surface area contributed by atoms with Crippen LogP contribution in [-0.4, -0.2) is 24.6 Å². The van der Waals surface area contributed by atoms with Crippen molar-refractivity contribution in [3.63, 3.8) is 0 Å². The van der Waals surface area contributed by atoms with Crippen LogP contribution in [0.1, 0.15) is 33.6 Å². The number of carbonyl (C=O) groups excluding carboxylic acids is 3. The van der Waals surface area contributed by atoms with Crippen molar-refractivity contribution in [2.75, 3.05) is 17.3 Å². The van der Waals surface area contributed by atoms with Gasteiger partial charge in [-0.25, -0.2) is 0 Å². The Morgan fingerprint density at radius 2 is 1.76 bits per heavy atom. The van der Waals surface area contributed by atoms with Crippen LogP contribution < -0.4 is 10.2 Å². The van der Waals surface area contributed by atoms with Gasteiger partial charge in [0.2, 0.25) is 11.8 Å². The number of hydrogen-bond donors (Lipinski definition) is 1. The fourth-order valence-corrected chi connectivity index (χ4v) is 1.78. The number of benzene rings is 1. The lowest BCUT2D eigenvalue weighted by Gasteiger charge is -2.19. The van der Waals surface area contributed by atoms with Crippen molar-refractivity contribution in [1.82, 2.24) is 0 Å². The summed E-state index contributed by atoms with van der Waals surface area (Å²) in [6.07, 6.45) is 0.378. The Hall–Kier alpha value is -2.17. The summed E-state index contributed by atoms with van der Waals surface area (Å²) in [5, 5.41) is 2.76. The standard InChI is InChI=1S/C16H22N2O3/c1-11(2)15(20)9-10-16(21)17-13-7-5-6-8-14(13)18(4)12(3)19/h5-8,11H,9-10H2,1-4H3,(H,17,21). The van der Waals surface area contributed by atoms with E-state index in [0.29, 0.717) is 11.4 Å². The molecule has 0 radical (unpaired) electrons. The van der Waals surface area contributed by atoms with E-state index < -0.39 is 0 Å². The normalized spacial score (nSPS) is 10.3. The molecule has 0 spiro atoms. The molecule has 0 aliphatic rings. The second kappa shape index (κ2) is 7.57. The summed E-state index contributed by atoms with van der Waals surface area (Å²) in [4.78, 5) is 36.4. The van der Waals surface area contributed by atoms with Gasteiger partial charge in [0.05, 0.1) is 11.4 Å². The number of nitrogens with one attached hydrogen (secondary N) is 1. The van der Waals surface area contributed by atoms with E-state index in [1.165, 1.54) is 11.8 Å². The van der Waals surface area contributed by atoms with E-state index in [0.717, 1.165) is 0 Å². The van der Waals surface area contributed by atoms with Gasteiger partial charge in [-0.1, -0.05) is 26.0 Å². The second-order valence-corrected chi connectivity index (χ2v) is 5.26. The zero-order valence-corrected chi connectivity index (χ0v) is 13.0. The maximum atomic E-state index is 11.9. The van der Waals surface area contributed by atoms with Gasteiger partial charge in [-0.3, -0.25) is 14.4 Å². The number of para-hydroxylation sites is 2. The molecule has 114 valence electrons. The molecule has 0 saturated carbocycles. The molecular formula is C16H22N2O3. The number of nitrogens with zero attached hydrogens (tertiary/aromatic N) is 1. The molecule has 0 unspecified atom stereocenters. The van der Waals surface area contributed by atoms with Crippen LogP contribution in [0.25, 0.3) is 0 Å². The van der Waals surface area contributed by atoms with E-state index in [2.05, 4.69) is 5.32 Å². The number of ketones is 1. The molecule has 1 aromatic rings. The average Bonchev–Trinajstić information content (AvgIpc) is 2.44. The lowest BCUT2D eigenvalue weighted by atomic mass is 10.0. The molecule has 0 saturated heterocycles. The van der Waals surface area contributed by atoms with Gasteiger partial charge in [0.1, 0.15) is 5.78 Å². The Kier molecular flexibility index (Phi) is 6.09. The highest BCUT2D eigenvalue weighted by Gasteiger charge is 2.14. The number of rotatable bonds is 6. The highest BCUT2D eigenvalue weighted by Crippen LogP contribution is 2.24. The minimum atomic E-state index is -0.228. The molecule has 5 heteroatoms. The van der Waals surface area contributed by atoms with Gasteiger partial charge < -0.3 is 10.2 Å². The van der Waals surface area contributed by atoms with Crippen molar-refractivity contribution in [3.05, 3.63) is 24.3 Å². The lowest BCUT2D eigenvalue weighted by Crippen LogP contribution is -2.25. The molecule has 5 nitrogen and oxygen atoms in total. The van der Waals surface area contributed by atoms with Gasteiger partial charge in [0.15, 0.2) is 0 Å². The van der Waals surface area contributed by atoms with E-state index in [9.17, 15) is 14.4 Å². The van der Waals surface area contributed by atoms with Crippen molar-refractivity contribution in [3.8, 4) is 0 Å². The van der Waals surface area contributed by atoms with Crippen LogP contribution >= 0.6 is 0 Å². The summed E-state index contributed by atoms with van der Waals surface area (Å²) in [6.45, 7) is 5.09. The molecule has 0 fully saturated rings. The molecule has 0 aliphatic heterocycles. The first-order valence-electron chi connectivity index (χ1n) is 6.98. The van der Waals surface area contributed by atoms with Crippen LogP contribution in [0, 0.1) is 5.92 Å². The zero-order chi connectivity index (χ0) is 16.0. The number of anilines is 2. The highest BCUT2D eigenvalue weighted by molar-refractivity contribution is 6.00. The maximum absolute atomic E-state index is 11.9. The fraction of sp³-hybridized carbons (Fsp3) is 0.438. The first-order chi connectivity index (χ1) is 9.82. The molecule has 0 aliphatic carbocycles. The molecular weight excluding hydrogens is 268 g/mol. The summed E-state index contributed by atoms with van der Waals surface area (Å²) < 4.78 is 0. The maximum Gasteiger partial charge on any atom is 0.224 e. The topological polar surface area (TPSA) is 66.5 Å². The van der Waals surface area contributed by atoms with Gasteiger partial charge in [0, 0.05) is 32.7 Å². The van der Waals surface area contributed by atoms with Gasteiger partial charge >= 0.3 is 0 Å². The van der Waals surface area contributed by atoms with Crippen molar-refractivity contribution in [2.45, 2.75) is 33.6 Å². The SMILES string of the molecule is CC(=O)N(C)c1ccccc1NC(=O)CCC(=O)C(C)C. The van der Waals surface area contributed by atoms with Crippen LogP contribution in [0.15, 0.2) is 24.3 Å². The smallest absolute Gasteiger partial charge is 0.224 e. The molecule has 1 aromatic carbocycles. The first kappa shape index (κ1) is 16.9. The number of amides is 2. The predicted molar refractivity (Wildman–Crippen MR) is 83.2 cm³/mol. The van der Waals surface area contributed by atoms with Crippen LogP contribution in [-0.2, 0) is 14.4 Å². The Morgan fingerprint density at radius 1 is 1.14 bits per heavy atom. The third kappa shape index (κ3) is 5.02. The monoisotopic (exact) mass is 290 g/mol. The summed E-state index contributed by atoms with van der Waals surface area (Å²) in [5.74, 6) is -0.340. The predicted octanol–water partition coefficient (Wildman–Crippen LogP) is 2.61. The van der Waals surface area contributed by atoms with E-state index in [1.54, 1.807) is 31.3 Å². The minimum Gasteiger partial charge on any atom is -0.324 e. The second-order valence-electron chi connectivity index (χ2n) is 5.26. The molecule has 0 atom stereocenters. The zero-order valence-electron chi connectivity index (χ0n) is 13.0. The van der Waals surface area contributed by atoms with Crippen molar-refractivity contribution in [1.29, 1.82) is 0 Å². The van der Waals surface area contributed by atoms with E-state index in [4.69, 9.17) is 0 Å². The molecule has 0 bridgehead atoms. The van der Waals surface area contributed by atoms with Gasteiger partial charge in [-0.15, -0.1) is 0 Å². The molecule has 21 heavy (non-hydrogen) atoms. The number of hydrogen-bond acceptors (Lipinski definition) is 3. The van der Waals surface area contributed by atoms with Gasteiger partial charge in [0.25, 0.3) is 0 Å². The Bertz CT molecular complexity index is 538. The quantitative estimate of drug-likeness (QED) is 0.875. The van der Waals surface area contributed by atoms with Gasteiger partial charge in [-0.05, 0) is 12.1 Å². The lowest BCUT2D eigenvalue weighted by molar-refractivity contribution is -0.124. The Labute approximate surface area is 125 Å². The highest BCUT2D eigenvalue weighted by atomic mass is 16.2. The minimum absolute atomic E-state index is 0.0612. The van der Waals surface area contributed by atoms with Gasteiger partial charge in [-0.2, -0.15) is 0 Å². The summed E-state index contributed by atoms with van der Waals surface area (Å²) >= 11 is 0. The number of carbonyl (C=O) groups is 3. The molecule has 1 N–H and O–H groups in total. The Morgan fingerprint density at radius 3 is 2.33 bits per heavy atom. The van der Waals surface area contributed by atoms with Crippen molar-refractivity contribution >= 4 is 29.0 Å². The molecule has 0 heterocycles. The Balaban J connectivity index is 2.73. The van der Waals surface area contributed by atoms with Crippen LogP contribution in [0.2, 0.25) is 0 Å². The summed E-state index contributed by atoms with van der Waals surface area (Å²) in [5.41, 5.74) is 1.20. The largest absolute Gasteiger partial charge is 0.324 e. The van der Waals surface area contributed by atoms with Crippen LogP contribution in [0.5, 0.6) is 0 Å². The van der Waals surface area contributed by atoms with Crippen molar-refractivity contribution < 1.29 is 14.4 Å². The summed E-state index contributed by atoms with van der Waals surface area (Å²) in [6, 6.07) is 7.08. The average molecular weight is 290 g/mol. The van der Waals surface area contributed by atoms with E-state index in [-0.39, 0.29) is 36.4 Å². The third-order valence-corrected chi connectivity index (χ3v) is 3.25. The molecule has 2 amide bonds.